The topological polar surface area (TPSA) is 23.6 Å². The molecule has 132 valence electrons. The summed E-state index contributed by atoms with van der Waals surface area (Å²) in [6, 6.07) is 11.6. The number of para-hydroxylation sites is 1. The molecular formula is C20H22F2N2O. The number of fused-ring (bicyclic) bond motifs is 1. The van der Waals surface area contributed by atoms with Crippen LogP contribution >= 0.6 is 0 Å². The molecule has 0 aromatic heterocycles. The van der Waals surface area contributed by atoms with Gasteiger partial charge in [-0.15, -0.1) is 0 Å². The molecule has 0 fully saturated rings. The first-order chi connectivity index (χ1) is 12.0. The van der Waals surface area contributed by atoms with Crippen molar-refractivity contribution in [1.29, 1.82) is 0 Å². The van der Waals surface area contributed by atoms with Gasteiger partial charge < -0.3 is 4.90 Å². The number of carbonyl (C=O) groups is 1. The van der Waals surface area contributed by atoms with Gasteiger partial charge in [0.05, 0.1) is 6.54 Å². The molecule has 0 aliphatic carbocycles. The number of nitrogens with zero attached hydrogens (tertiary/aromatic N) is 2. The third-order valence-corrected chi connectivity index (χ3v) is 4.65. The van der Waals surface area contributed by atoms with Crippen LogP contribution in [0.2, 0.25) is 0 Å². The highest BCUT2D eigenvalue weighted by Crippen LogP contribution is 2.30. The number of hydrogen-bond acceptors (Lipinski definition) is 2. The Morgan fingerprint density at radius 2 is 2.00 bits per heavy atom. The van der Waals surface area contributed by atoms with Crippen LogP contribution in [-0.4, -0.2) is 30.4 Å². The average Bonchev–Trinajstić information content (AvgIpc) is 2.57. The largest absolute Gasteiger partial charge is 0.308 e. The van der Waals surface area contributed by atoms with E-state index in [0.29, 0.717) is 5.56 Å². The van der Waals surface area contributed by atoms with E-state index in [1.165, 1.54) is 17.7 Å². The Hall–Kier alpha value is -2.27. The number of likely N-dealkylation sites (N-methyl/N-ethyl adjacent to an activating group) is 1. The Morgan fingerprint density at radius 3 is 2.76 bits per heavy atom. The lowest BCUT2D eigenvalue weighted by atomic mass is 9.96. The van der Waals surface area contributed by atoms with Gasteiger partial charge in [0.15, 0.2) is 0 Å². The summed E-state index contributed by atoms with van der Waals surface area (Å²) in [7, 11) is 1.77. The molecular weight excluding hydrogens is 322 g/mol. The summed E-state index contributed by atoms with van der Waals surface area (Å²) in [6.45, 7) is 2.48. The Bertz CT molecular complexity index is 778. The molecule has 0 N–H and O–H groups in total. The van der Waals surface area contributed by atoms with Crippen LogP contribution in [0.25, 0.3) is 0 Å². The van der Waals surface area contributed by atoms with Gasteiger partial charge in [0, 0.05) is 29.9 Å². The third-order valence-electron chi connectivity index (χ3n) is 4.65. The van der Waals surface area contributed by atoms with Crippen LogP contribution in [0.15, 0.2) is 42.5 Å². The smallest absolute Gasteiger partial charge is 0.241 e. The van der Waals surface area contributed by atoms with E-state index in [2.05, 4.69) is 6.07 Å². The van der Waals surface area contributed by atoms with Crippen molar-refractivity contribution in [1.82, 2.24) is 4.90 Å². The minimum Gasteiger partial charge on any atom is -0.308 e. The fourth-order valence-electron chi connectivity index (χ4n) is 3.37. The van der Waals surface area contributed by atoms with Crippen molar-refractivity contribution >= 4 is 11.6 Å². The second kappa shape index (κ2) is 7.31. The first-order valence-corrected chi connectivity index (χ1v) is 8.48. The molecule has 3 rings (SSSR count). The molecule has 0 saturated carbocycles. The number of amides is 1. The molecule has 0 unspecified atom stereocenters. The molecule has 1 aliphatic rings. The summed E-state index contributed by atoms with van der Waals surface area (Å²) in [6.07, 6.45) is 1.90. The van der Waals surface area contributed by atoms with E-state index in [1.54, 1.807) is 11.9 Å². The molecule has 0 radical (unpaired) electrons. The van der Waals surface area contributed by atoms with Gasteiger partial charge in [0.1, 0.15) is 11.6 Å². The maximum Gasteiger partial charge on any atom is 0.241 e. The van der Waals surface area contributed by atoms with Crippen LogP contribution in [0.4, 0.5) is 14.5 Å². The van der Waals surface area contributed by atoms with Crippen LogP contribution in [0.1, 0.15) is 24.5 Å². The summed E-state index contributed by atoms with van der Waals surface area (Å²) in [5, 5.41) is 0. The van der Waals surface area contributed by atoms with Gasteiger partial charge in [-0.2, -0.15) is 0 Å². The fourth-order valence-corrected chi connectivity index (χ4v) is 3.37. The van der Waals surface area contributed by atoms with E-state index < -0.39 is 11.6 Å². The zero-order valence-electron chi connectivity index (χ0n) is 14.5. The summed E-state index contributed by atoms with van der Waals surface area (Å²) in [5.41, 5.74) is 2.53. The van der Waals surface area contributed by atoms with Gasteiger partial charge in [-0.05, 0) is 44.5 Å². The van der Waals surface area contributed by atoms with Crippen LogP contribution in [0, 0.1) is 11.6 Å². The van der Waals surface area contributed by atoms with E-state index in [4.69, 9.17) is 0 Å². The summed E-state index contributed by atoms with van der Waals surface area (Å²) in [5.74, 6) is -1.20. The maximum absolute atomic E-state index is 13.8. The molecule has 0 bridgehead atoms. The zero-order valence-corrected chi connectivity index (χ0v) is 14.5. The van der Waals surface area contributed by atoms with Gasteiger partial charge in [0.25, 0.3) is 0 Å². The minimum atomic E-state index is -0.598. The lowest BCUT2D eigenvalue weighted by Crippen LogP contribution is -2.46. The van der Waals surface area contributed by atoms with E-state index >= 15 is 0 Å². The molecule has 3 nitrogen and oxygen atoms in total. The second-order valence-corrected chi connectivity index (χ2v) is 6.69. The van der Waals surface area contributed by atoms with Crippen LogP contribution in [0.3, 0.4) is 0 Å². The Morgan fingerprint density at radius 1 is 1.24 bits per heavy atom. The predicted octanol–water partition coefficient (Wildman–Crippen LogP) is 3.76. The minimum absolute atomic E-state index is 0.00956. The van der Waals surface area contributed by atoms with Crippen molar-refractivity contribution in [2.75, 3.05) is 18.5 Å². The van der Waals surface area contributed by atoms with Gasteiger partial charge in [0.2, 0.25) is 5.91 Å². The van der Waals surface area contributed by atoms with Gasteiger partial charge in [-0.3, -0.25) is 9.69 Å². The second-order valence-electron chi connectivity index (χ2n) is 6.69. The van der Waals surface area contributed by atoms with Crippen molar-refractivity contribution in [3.63, 3.8) is 0 Å². The number of anilines is 1. The van der Waals surface area contributed by atoms with Crippen molar-refractivity contribution in [3.8, 4) is 0 Å². The number of halogens is 2. The first kappa shape index (κ1) is 17.5. The standard InChI is InChI=1S/C20H22F2N2O/c1-14-7-8-15-5-3-4-6-19(15)24(14)20(25)13-23(2)12-16-9-10-17(21)11-18(16)22/h3-6,9-11,14H,7-8,12-13H2,1-2H3/t14-/m0/s1. The molecule has 2 aromatic carbocycles. The molecule has 1 amide bonds. The zero-order chi connectivity index (χ0) is 18.0. The van der Waals surface area contributed by atoms with Crippen molar-refractivity contribution < 1.29 is 13.6 Å². The molecule has 5 heteroatoms. The lowest BCUT2D eigenvalue weighted by molar-refractivity contribution is -0.120. The van der Waals surface area contributed by atoms with Gasteiger partial charge in [-0.25, -0.2) is 8.78 Å². The van der Waals surface area contributed by atoms with Crippen LogP contribution in [-0.2, 0) is 17.8 Å². The van der Waals surface area contributed by atoms with Crippen LogP contribution < -0.4 is 4.90 Å². The summed E-state index contributed by atoms with van der Waals surface area (Å²) >= 11 is 0. The maximum atomic E-state index is 13.8. The Balaban J connectivity index is 1.71. The molecule has 25 heavy (non-hydrogen) atoms. The van der Waals surface area contributed by atoms with Gasteiger partial charge >= 0.3 is 0 Å². The highest BCUT2D eigenvalue weighted by Gasteiger charge is 2.28. The van der Waals surface area contributed by atoms with Crippen molar-refractivity contribution in [2.45, 2.75) is 32.4 Å². The molecule has 1 atom stereocenters. The summed E-state index contributed by atoms with van der Waals surface area (Å²) < 4.78 is 26.8. The van der Waals surface area contributed by atoms with Gasteiger partial charge in [-0.1, -0.05) is 24.3 Å². The van der Waals surface area contributed by atoms with E-state index in [1.807, 2.05) is 30.0 Å². The molecule has 0 saturated heterocycles. The average molecular weight is 344 g/mol. The number of rotatable bonds is 4. The normalized spacial score (nSPS) is 16.8. The lowest BCUT2D eigenvalue weighted by Gasteiger charge is -2.36. The SMILES string of the molecule is C[C@H]1CCc2ccccc2N1C(=O)CN(C)Cc1ccc(F)cc1F. The molecule has 1 heterocycles. The van der Waals surface area contributed by atoms with Crippen LogP contribution in [0.5, 0.6) is 0 Å². The Labute approximate surface area is 146 Å². The molecule has 1 aliphatic heterocycles. The number of carbonyl (C=O) groups excluding carboxylic acids is 1. The summed E-state index contributed by atoms with van der Waals surface area (Å²) in [4.78, 5) is 16.4. The number of hydrogen-bond donors (Lipinski definition) is 0. The Kier molecular flexibility index (Phi) is 5.13. The van der Waals surface area contributed by atoms with Crippen molar-refractivity contribution in [3.05, 3.63) is 65.2 Å². The highest BCUT2D eigenvalue weighted by atomic mass is 19.1. The van der Waals surface area contributed by atoms with E-state index in [0.717, 1.165) is 24.6 Å². The highest BCUT2D eigenvalue weighted by molar-refractivity contribution is 5.96. The monoisotopic (exact) mass is 344 g/mol. The molecule has 2 aromatic rings. The quantitative estimate of drug-likeness (QED) is 0.843. The van der Waals surface area contributed by atoms with Crippen molar-refractivity contribution in [2.24, 2.45) is 0 Å². The predicted molar refractivity (Wildman–Crippen MR) is 94.4 cm³/mol. The first-order valence-electron chi connectivity index (χ1n) is 8.48. The van der Waals surface area contributed by atoms with E-state index in [-0.39, 0.29) is 25.0 Å². The fraction of sp³-hybridized carbons (Fsp3) is 0.350. The number of benzene rings is 2. The number of aryl methyl sites for hydroxylation is 1. The third kappa shape index (κ3) is 3.87. The molecule has 0 spiro atoms. The van der Waals surface area contributed by atoms with E-state index in [9.17, 15) is 13.6 Å².